The summed E-state index contributed by atoms with van der Waals surface area (Å²) in [4.78, 5) is 7.43. The smallest absolute Gasteiger partial charge is 0.0982 e. The van der Waals surface area contributed by atoms with Crippen LogP contribution in [-0.2, 0) is 12.0 Å². The molecule has 2 unspecified atom stereocenters. The van der Waals surface area contributed by atoms with Crippen LogP contribution in [0.5, 0.6) is 0 Å². The molecule has 3 rings (SSSR count). The molecule has 1 N–H and O–H groups in total. The summed E-state index contributed by atoms with van der Waals surface area (Å²) in [5, 5.41) is 7.24. The van der Waals surface area contributed by atoms with E-state index in [0.717, 1.165) is 18.6 Å². The number of hydrogen-bond donors (Lipinski definition) is 1. The largest absolute Gasteiger partial charge is 0.308 e. The van der Waals surface area contributed by atoms with Gasteiger partial charge >= 0.3 is 0 Å². The minimum atomic E-state index is 0.174. The van der Waals surface area contributed by atoms with Crippen molar-refractivity contribution in [3.63, 3.8) is 0 Å². The Morgan fingerprint density at radius 2 is 1.95 bits per heavy atom. The molecule has 0 spiro atoms. The molecule has 1 aromatic heterocycles. The molecule has 3 heterocycles. The number of nitrogens with one attached hydrogen (secondary N) is 1. The van der Waals surface area contributed by atoms with Gasteiger partial charge in [-0.05, 0) is 32.7 Å². The van der Waals surface area contributed by atoms with Crippen LogP contribution >= 0.6 is 11.3 Å². The van der Waals surface area contributed by atoms with Gasteiger partial charge in [0, 0.05) is 35.5 Å². The minimum absolute atomic E-state index is 0.174. The van der Waals surface area contributed by atoms with Crippen molar-refractivity contribution in [3.8, 4) is 0 Å². The van der Waals surface area contributed by atoms with E-state index < -0.39 is 0 Å². The van der Waals surface area contributed by atoms with E-state index >= 15 is 0 Å². The molecule has 4 heteroatoms. The topological polar surface area (TPSA) is 28.2 Å². The first-order valence-electron chi connectivity index (χ1n) is 8.33. The molecule has 0 saturated carbocycles. The van der Waals surface area contributed by atoms with E-state index in [9.17, 15) is 0 Å². The lowest BCUT2D eigenvalue weighted by Gasteiger charge is -2.47. The Morgan fingerprint density at radius 3 is 2.52 bits per heavy atom. The highest BCUT2D eigenvalue weighted by atomic mass is 32.1. The van der Waals surface area contributed by atoms with Crippen LogP contribution in [0.15, 0.2) is 5.38 Å². The minimum Gasteiger partial charge on any atom is -0.308 e. The number of nitrogens with zero attached hydrogens (tertiary/aromatic N) is 2. The number of aromatic nitrogens is 1. The molecule has 2 bridgehead atoms. The van der Waals surface area contributed by atoms with Gasteiger partial charge in [0.1, 0.15) is 0 Å². The normalized spacial score (nSPS) is 30.6. The Morgan fingerprint density at radius 1 is 1.29 bits per heavy atom. The summed E-state index contributed by atoms with van der Waals surface area (Å²) >= 11 is 1.80. The van der Waals surface area contributed by atoms with Gasteiger partial charge in [-0.2, -0.15) is 0 Å². The van der Waals surface area contributed by atoms with Gasteiger partial charge in [0.05, 0.1) is 10.7 Å². The summed E-state index contributed by atoms with van der Waals surface area (Å²) < 4.78 is 0. The van der Waals surface area contributed by atoms with Crippen LogP contribution in [0.25, 0.3) is 0 Å². The lowest BCUT2D eigenvalue weighted by molar-refractivity contribution is 0.0482. The molecular weight excluding hydrogens is 278 g/mol. The Labute approximate surface area is 133 Å². The summed E-state index contributed by atoms with van der Waals surface area (Å²) in [5.74, 6) is 0. The van der Waals surface area contributed by atoms with Crippen molar-refractivity contribution in [2.75, 3.05) is 7.05 Å². The quantitative estimate of drug-likeness (QED) is 0.925. The van der Waals surface area contributed by atoms with Gasteiger partial charge in [-0.3, -0.25) is 0 Å². The summed E-state index contributed by atoms with van der Waals surface area (Å²) in [6.45, 7) is 7.64. The van der Waals surface area contributed by atoms with E-state index in [0.29, 0.717) is 6.04 Å². The maximum atomic E-state index is 4.80. The lowest BCUT2D eigenvalue weighted by Crippen LogP contribution is -2.54. The Hall–Kier alpha value is -0.450. The fraction of sp³-hybridized carbons (Fsp3) is 0.824. The summed E-state index contributed by atoms with van der Waals surface area (Å²) in [6.07, 6.45) is 6.81. The van der Waals surface area contributed by atoms with Gasteiger partial charge in [0.25, 0.3) is 0 Å². The van der Waals surface area contributed by atoms with Crippen molar-refractivity contribution in [2.45, 2.75) is 83.0 Å². The SMILES string of the molecule is CN1C2CCCC1CC(NCc1csc(C(C)(C)C)n1)C2. The second-order valence-corrected chi connectivity index (χ2v) is 8.71. The predicted molar refractivity (Wildman–Crippen MR) is 89.9 cm³/mol. The number of rotatable bonds is 3. The van der Waals surface area contributed by atoms with Crippen LogP contribution in [0.2, 0.25) is 0 Å². The molecule has 118 valence electrons. The van der Waals surface area contributed by atoms with Crippen LogP contribution in [0.4, 0.5) is 0 Å². The Balaban J connectivity index is 1.55. The molecule has 21 heavy (non-hydrogen) atoms. The summed E-state index contributed by atoms with van der Waals surface area (Å²) in [6, 6.07) is 2.28. The second kappa shape index (κ2) is 5.98. The summed E-state index contributed by atoms with van der Waals surface area (Å²) in [7, 11) is 2.32. The summed E-state index contributed by atoms with van der Waals surface area (Å²) in [5.41, 5.74) is 1.39. The standard InChI is InChI=1S/C17H29N3S/c1-17(2,3)16-19-13(11-21-16)10-18-12-8-14-6-5-7-15(9-12)20(14)4/h11-12,14-15,18H,5-10H2,1-4H3. The number of piperidine rings is 2. The van der Waals surface area contributed by atoms with E-state index in [1.807, 2.05) is 0 Å². The molecule has 0 aliphatic carbocycles. The number of thiazole rings is 1. The zero-order chi connectivity index (χ0) is 15.0. The molecule has 0 radical (unpaired) electrons. The van der Waals surface area contributed by atoms with Gasteiger partial charge in [0.15, 0.2) is 0 Å². The Kier molecular flexibility index (Phi) is 4.40. The van der Waals surface area contributed by atoms with Gasteiger partial charge in [-0.1, -0.05) is 27.2 Å². The highest BCUT2D eigenvalue weighted by Gasteiger charge is 2.35. The monoisotopic (exact) mass is 307 g/mol. The maximum Gasteiger partial charge on any atom is 0.0982 e. The first-order chi connectivity index (χ1) is 9.93. The van der Waals surface area contributed by atoms with Gasteiger partial charge in [-0.25, -0.2) is 4.98 Å². The zero-order valence-corrected chi connectivity index (χ0v) is 14.7. The molecule has 1 aromatic rings. The van der Waals surface area contributed by atoms with E-state index in [2.05, 4.69) is 43.4 Å². The molecule has 2 aliphatic rings. The molecule has 2 aliphatic heterocycles. The van der Waals surface area contributed by atoms with Gasteiger partial charge in [0.2, 0.25) is 0 Å². The van der Waals surface area contributed by atoms with Crippen molar-refractivity contribution < 1.29 is 0 Å². The van der Waals surface area contributed by atoms with Crippen LogP contribution in [-0.4, -0.2) is 35.1 Å². The molecule has 0 aromatic carbocycles. The number of fused-ring (bicyclic) bond motifs is 2. The molecule has 2 saturated heterocycles. The Bertz CT molecular complexity index is 463. The second-order valence-electron chi connectivity index (χ2n) is 7.85. The molecule has 3 nitrogen and oxygen atoms in total. The van der Waals surface area contributed by atoms with Crippen LogP contribution < -0.4 is 5.32 Å². The third-order valence-corrected chi connectivity index (χ3v) is 6.42. The van der Waals surface area contributed by atoms with E-state index in [1.165, 1.54) is 42.8 Å². The number of hydrogen-bond acceptors (Lipinski definition) is 4. The van der Waals surface area contributed by atoms with Crippen molar-refractivity contribution in [2.24, 2.45) is 0 Å². The van der Waals surface area contributed by atoms with E-state index in [-0.39, 0.29) is 5.41 Å². The predicted octanol–water partition coefficient (Wildman–Crippen LogP) is 3.55. The first kappa shape index (κ1) is 15.4. The highest BCUT2D eigenvalue weighted by Crippen LogP contribution is 2.33. The van der Waals surface area contributed by atoms with E-state index in [1.54, 1.807) is 11.3 Å². The first-order valence-corrected chi connectivity index (χ1v) is 9.21. The molecular formula is C17H29N3S. The van der Waals surface area contributed by atoms with E-state index in [4.69, 9.17) is 4.98 Å². The van der Waals surface area contributed by atoms with Crippen LogP contribution in [0.3, 0.4) is 0 Å². The third kappa shape index (κ3) is 3.49. The maximum absolute atomic E-state index is 4.80. The van der Waals surface area contributed by atoms with Crippen molar-refractivity contribution in [3.05, 3.63) is 16.1 Å². The van der Waals surface area contributed by atoms with Crippen LogP contribution in [0.1, 0.15) is 63.6 Å². The molecule has 0 amide bonds. The lowest BCUT2D eigenvalue weighted by atomic mass is 9.82. The fourth-order valence-corrected chi connectivity index (χ4v) is 4.67. The third-order valence-electron chi connectivity index (χ3n) is 5.11. The molecule has 2 atom stereocenters. The van der Waals surface area contributed by atoms with Gasteiger partial charge < -0.3 is 10.2 Å². The van der Waals surface area contributed by atoms with Crippen molar-refractivity contribution in [1.29, 1.82) is 0 Å². The zero-order valence-electron chi connectivity index (χ0n) is 13.9. The highest BCUT2D eigenvalue weighted by molar-refractivity contribution is 7.09. The van der Waals surface area contributed by atoms with Crippen molar-refractivity contribution >= 4 is 11.3 Å². The average Bonchev–Trinajstić information content (AvgIpc) is 2.85. The fourth-order valence-electron chi connectivity index (χ4n) is 3.76. The van der Waals surface area contributed by atoms with Crippen LogP contribution in [0, 0.1) is 0 Å². The molecule has 2 fully saturated rings. The average molecular weight is 308 g/mol. The van der Waals surface area contributed by atoms with Crippen molar-refractivity contribution in [1.82, 2.24) is 15.2 Å². The van der Waals surface area contributed by atoms with Gasteiger partial charge in [-0.15, -0.1) is 11.3 Å².